The van der Waals surface area contributed by atoms with Gasteiger partial charge in [-0.15, -0.1) is 5.10 Å². The molecule has 0 saturated carbocycles. The van der Waals surface area contributed by atoms with Crippen molar-refractivity contribution in [3.8, 4) is 11.3 Å². The summed E-state index contributed by atoms with van der Waals surface area (Å²) in [4.78, 5) is 17.8. The number of hydrogen-bond acceptors (Lipinski definition) is 6. The van der Waals surface area contributed by atoms with Crippen molar-refractivity contribution < 1.29 is 22.7 Å². The van der Waals surface area contributed by atoms with Gasteiger partial charge in [-0.2, -0.15) is 13.2 Å². The van der Waals surface area contributed by atoms with Crippen molar-refractivity contribution in [2.75, 3.05) is 18.8 Å². The molecule has 11 heteroatoms. The molecule has 1 fully saturated rings. The van der Waals surface area contributed by atoms with E-state index in [0.29, 0.717) is 23.6 Å². The van der Waals surface area contributed by atoms with Crippen molar-refractivity contribution in [1.29, 1.82) is 0 Å². The summed E-state index contributed by atoms with van der Waals surface area (Å²) in [5, 5.41) is 8.38. The normalized spacial score (nSPS) is 18.5. The van der Waals surface area contributed by atoms with Gasteiger partial charge in [-0.25, -0.2) is 9.67 Å². The molecule has 1 amide bonds. The van der Waals surface area contributed by atoms with Gasteiger partial charge in [0, 0.05) is 24.8 Å². The van der Waals surface area contributed by atoms with Gasteiger partial charge in [-0.05, 0) is 35.9 Å². The minimum Gasteiger partial charge on any atom is -0.384 e. The first-order valence-corrected chi connectivity index (χ1v) is 10.1. The Balaban J connectivity index is 1.51. The van der Waals surface area contributed by atoms with E-state index in [1.54, 1.807) is 34.1 Å². The lowest BCUT2D eigenvalue weighted by Gasteiger charge is -2.19. The number of halogens is 3. The number of aromatic nitrogens is 4. The van der Waals surface area contributed by atoms with Crippen LogP contribution >= 0.6 is 0 Å². The van der Waals surface area contributed by atoms with Crippen molar-refractivity contribution in [1.82, 2.24) is 24.9 Å². The maximum absolute atomic E-state index is 12.8. The second kappa shape index (κ2) is 9.02. The fraction of sp³-hybridized carbons (Fsp3) is 0.273. The zero-order valence-electron chi connectivity index (χ0n) is 17.4. The SMILES string of the molecule is C=CC(=O)N1CC(OCc2ccc(C(F)(F)F)cc2)C(n2cc(-c3ccc(N)nc3)nn2)C1. The zero-order chi connectivity index (χ0) is 23.6. The summed E-state index contributed by atoms with van der Waals surface area (Å²) >= 11 is 0. The van der Waals surface area contributed by atoms with Crippen LogP contribution in [0, 0.1) is 0 Å². The summed E-state index contributed by atoms with van der Waals surface area (Å²) in [6.07, 6.45) is -0.303. The van der Waals surface area contributed by atoms with E-state index in [9.17, 15) is 18.0 Å². The number of benzene rings is 1. The fourth-order valence-corrected chi connectivity index (χ4v) is 3.60. The molecule has 0 aliphatic carbocycles. The lowest BCUT2D eigenvalue weighted by atomic mass is 10.1. The summed E-state index contributed by atoms with van der Waals surface area (Å²) in [6, 6.07) is 7.88. The van der Waals surface area contributed by atoms with Gasteiger partial charge < -0.3 is 15.4 Å². The Labute approximate surface area is 187 Å². The molecule has 0 bridgehead atoms. The largest absolute Gasteiger partial charge is 0.416 e. The van der Waals surface area contributed by atoms with Crippen LogP contribution < -0.4 is 5.73 Å². The van der Waals surface area contributed by atoms with Crippen LogP contribution in [0.5, 0.6) is 0 Å². The quantitative estimate of drug-likeness (QED) is 0.570. The van der Waals surface area contributed by atoms with Gasteiger partial charge in [-0.1, -0.05) is 23.9 Å². The minimum atomic E-state index is -4.40. The van der Waals surface area contributed by atoms with Gasteiger partial charge >= 0.3 is 6.18 Å². The van der Waals surface area contributed by atoms with E-state index in [4.69, 9.17) is 10.5 Å². The molecular weight excluding hydrogens is 437 g/mol. The van der Waals surface area contributed by atoms with Crippen molar-refractivity contribution in [2.45, 2.75) is 24.9 Å². The maximum atomic E-state index is 12.8. The topological polar surface area (TPSA) is 99.2 Å². The smallest absolute Gasteiger partial charge is 0.384 e. The van der Waals surface area contributed by atoms with Crippen LogP contribution in [0.3, 0.4) is 0 Å². The molecule has 3 heterocycles. The third-order valence-corrected chi connectivity index (χ3v) is 5.40. The molecule has 8 nitrogen and oxygen atoms in total. The molecule has 1 aromatic carbocycles. The summed E-state index contributed by atoms with van der Waals surface area (Å²) in [7, 11) is 0. The number of rotatable bonds is 6. The number of nitrogens with zero attached hydrogens (tertiary/aromatic N) is 5. The summed E-state index contributed by atoms with van der Waals surface area (Å²) in [6.45, 7) is 4.22. The second-order valence-electron chi connectivity index (χ2n) is 7.61. The predicted molar refractivity (Wildman–Crippen MR) is 114 cm³/mol. The van der Waals surface area contributed by atoms with Crippen LogP contribution in [0.1, 0.15) is 17.2 Å². The standard InChI is InChI=1S/C22H21F3N6O2/c1-2-21(32)30-11-18(31-10-17(28-29-31)15-5-8-20(26)27-9-15)19(12-30)33-13-14-3-6-16(7-4-14)22(23,24)25/h2-10,18-19H,1,11-13H2,(H2,26,27). The first-order chi connectivity index (χ1) is 15.7. The Bertz CT molecular complexity index is 1130. The van der Waals surface area contributed by atoms with E-state index >= 15 is 0 Å². The van der Waals surface area contributed by atoms with E-state index in [2.05, 4.69) is 21.9 Å². The van der Waals surface area contributed by atoms with E-state index in [-0.39, 0.29) is 25.1 Å². The number of pyridine rings is 1. The average molecular weight is 458 g/mol. The molecular formula is C22H21F3N6O2. The van der Waals surface area contributed by atoms with Gasteiger partial charge in [-0.3, -0.25) is 4.79 Å². The number of hydrogen-bond donors (Lipinski definition) is 1. The minimum absolute atomic E-state index is 0.0822. The van der Waals surface area contributed by atoms with Crippen LogP contribution in [0.2, 0.25) is 0 Å². The molecule has 0 spiro atoms. The number of nitrogens with two attached hydrogens (primary N) is 1. The monoisotopic (exact) mass is 458 g/mol. The van der Waals surface area contributed by atoms with Gasteiger partial charge in [0.2, 0.25) is 5.91 Å². The Morgan fingerprint density at radius 2 is 1.97 bits per heavy atom. The van der Waals surface area contributed by atoms with Crippen molar-refractivity contribution in [2.24, 2.45) is 0 Å². The molecule has 1 aliphatic rings. The predicted octanol–water partition coefficient (Wildman–Crippen LogP) is 3.10. The lowest BCUT2D eigenvalue weighted by molar-refractivity contribution is -0.137. The Morgan fingerprint density at radius 3 is 2.61 bits per heavy atom. The highest BCUT2D eigenvalue weighted by molar-refractivity contribution is 5.87. The number of likely N-dealkylation sites (tertiary alicyclic amines) is 1. The Morgan fingerprint density at radius 1 is 1.21 bits per heavy atom. The fourth-order valence-electron chi connectivity index (χ4n) is 3.60. The summed E-state index contributed by atoms with van der Waals surface area (Å²) in [5.74, 6) is 0.140. The van der Waals surface area contributed by atoms with Crippen molar-refractivity contribution in [3.05, 3.63) is 72.6 Å². The Kier molecular flexibility index (Phi) is 6.14. The number of anilines is 1. The molecule has 172 valence electrons. The number of ether oxygens (including phenoxy) is 1. The third-order valence-electron chi connectivity index (χ3n) is 5.40. The molecule has 1 saturated heterocycles. The lowest BCUT2D eigenvalue weighted by Crippen LogP contribution is -2.28. The van der Waals surface area contributed by atoms with Crippen LogP contribution in [0.4, 0.5) is 19.0 Å². The molecule has 2 atom stereocenters. The van der Waals surface area contributed by atoms with Crippen LogP contribution in [-0.2, 0) is 22.3 Å². The van der Waals surface area contributed by atoms with E-state index < -0.39 is 17.8 Å². The summed E-state index contributed by atoms with van der Waals surface area (Å²) < 4.78 is 46.0. The molecule has 0 radical (unpaired) electrons. The van der Waals surface area contributed by atoms with E-state index in [1.165, 1.54) is 18.2 Å². The number of alkyl halides is 3. The molecule has 2 N–H and O–H groups in total. The number of amides is 1. The molecule has 2 aromatic heterocycles. The summed E-state index contributed by atoms with van der Waals surface area (Å²) in [5.41, 5.74) is 6.80. The van der Waals surface area contributed by atoms with Crippen molar-refractivity contribution in [3.63, 3.8) is 0 Å². The Hall–Kier alpha value is -3.73. The molecule has 3 aromatic rings. The van der Waals surface area contributed by atoms with Gasteiger partial charge in [0.05, 0.1) is 30.5 Å². The average Bonchev–Trinajstić information content (AvgIpc) is 3.45. The third kappa shape index (κ3) is 5.03. The van der Waals surface area contributed by atoms with Gasteiger partial charge in [0.25, 0.3) is 0 Å². The van der Waals surface area contributed by atoms with Crippen LogP contribution in [0.25, 0.3) is 11.3 Å². The number of carbonyl (C=O) groups is 1. The van der Waals surface area contributed by atoms with E-state index in [0.717, 1.165) is 17.7 Å². The van der Waals surface area contributed by atoms with E-state index in [1.807, 2.05) is 0 Å². The van der Waals surface area contributed by atoms with Crippen molar-refractivity contribution >= 4 is 11.7 Å². The first kappa shape index (κ1) is 22.5. The highest BCUT2D eigenvalue weighted by atomic mass is 19.4. The van der Waals surface area contributed by atoms with Gasteiger partial charge in [0.15, 0.2) is 0 Å². The number of carbonyl (C=O) groups excluding carboxylic acids is 1. The molecule has 2 unspecified atom stereocenters. The zero-order valence-corrected chi connectivity index (χ0v) is 17.4. The van der Waals surface area contributed by atoms with Crippen LogP contribution in [0.15, 0.2) is 61.4 Å². The molecule has 4 rings (SSSR count). The van der Waals surface area contributed by atoms with Crippen LogP contribution in [-0.4, -0.2) is 50.0 Å². The number of nitrogen functional groups attached to an aromatic ring is 1. The molecule has 1 aliphatic heterocycles. The first-order valence-electron chi connectivity index (χ1n) is 10.1. The second-order valence-corrected chi connectivity index (χ2v) is 7.61. The maximum Gasteiger partial charge on any atom is 0.416 e. The highest BCUT2D eigenvalue weighted by Gasteiger charge is 2.37. The highest BCUT2D eigenvalue weighted by Crippen LogP contribution is 2.30. The van der Waals surface area contributed by atoms with Gasteiger partial charge in [0.1, 0.15) is 11.5 Å². The molecule has 33 heavy (non-hydrogen) atoms.